The molecule has 1 atom stereocenters. The first-order valence-corrected chi connectivity index (χ1v) is 9.03. The lowest BCUT2D eigenvalue weighted by Crippen LogP contribution is -2.48. The molecule has 5 heteroatoms. The van der Waals surface area contributed by atoms with Crippen molar-refractivity contribution in [3.05, 3.63) is 35.4 Å². The Kier molecular flexibility index (Phi) is 5.40. The molecule has 1 aliphatic rings. The maximum atomic E-state index is 11.9. The fourth-order valence-corrected chi connectivity index (χ4v) is 3.72. The van der Waals surface area contributed by atoms with Crippen LogP contribution in [0.25, 0.3) is 0 Å². The molecule has 0 saturated heterocycles. The van der Waals surface area contributed by atoms with Crippen molar-refractivity contribution in [3.8, 4) is 0 Å². The Morgan fingerprint density at radius 2 is 1.91 bits per heavy atom. The molecule has 122 valence electrons. The third-order valence-corrected chi connectivity index (χ3v) is 5.02. The van der Waals surface area contributed by atoms with Crippen LogP contribution in [0.3, 0.4) is 0 Å². The number of carbonyl (C=O) groups is 1. The Hall–Kier alpha value is -1.20. The second-order valence-electron chi connectivity index (χ2n) is 6.90. The minimum atomic E-state index is -0.871. The van der Waals surface area contributed by atoms with Gasteiger partial charge in [0.15, 0.2) is 0 Å². The first-order chi connectivity index (χ1) is 10.3. The maximum Gasteiger partial charge on any atom is 0.314 e. The van der Waals surface area contributed by atoms with Gasteiger partial charge in [0, 0.05) is 18.8 Å². The minimum absolute atomic E-state index is 0.0722. The van der Waals surface area contributed by atoms with E-state index in [0.717, 1.165) is 12.8 Å². The number of thioether (sulfide) groups is 1. The van der Waals surface area contributed by atoms with Crippen molar-refractivity contribution in [1.82, 2.24) is 10.6 Å². The smallest absolute Gasteiger partial charge is 0.314 e. The van der Waals surface area contributed by atoms with Crippen LogP contribution >= 0.6 is 11.8 Å². The Morgan fingerprint density at radius 1 is 1.32 bits per heavy atom. The number of hydrogen-bond acceptors (Lipinski definition) is 3. The lowest BCUT2D eigenvalue weighted by atomic mass is 9.87. The van der Waals surface area contributed by atoms with E-state index in [1.54, 1.807) is 18.7 Å². The summed E-state index contributed by atoms with van der Waals surface area (Å²) in [5.74, 6) is 0.598. The van der Waals surface area contributed by atoms with Gasteiger partial charge < -0.3 is 15.7 Å². The molecule has 0 bridgehead atoms. The number of benzene rings is 1. The molecule has 3 N–H and O–H groups in total. The molecule has 0 fully saturated rings. The van der Waals surface area contributed by atoms with E-state index in [1.165, 1.54) is 11.1 Å². The van der Waals surface area contributed by atoms with Crippen molar-refractivity contribution < 1.29 is 9.90 Å². The lowest BCUT2D eigenvalue weighted by Gasteiger charge is -2.26. The normalized spacial score (nSPS) is 18.4. The van der Waals surface area contributed by atoms with Crippen LogP contribution in [0.4, 0.5) is 4.79 Å². The Labute approximate surface area is 137 Å². The Bertz CT molecular complexity index is 506. The molecule has 22 heavy (non-hydrogen) atoms. The topological polar surface area (TPSA) is 61.4 Å². The lowest BCUT2D eigenvalue weighted by molar-refractivity contribution is 0.0868. The van der Waals surface area contributed by atoms with Crippen LogP contribution < -0.4 is 10.6 Å². The zero-order valence-electron chi connectivity index (χ0n) is 13.6. The molecule has 0 aromatic heterocycles. The first kappa shape index (κ1) is 17.2. The van der Waals surface area contributed by atoms with E-state index in [4.69, 9.17) is 0 Å². The van der Waals surface area contributed by atoms with Gasteiger partial charge in [-0.1, -0.05) is 31.2 Å². The summed E-state index contributed by atoms with van der Waals surface area (Å²) in [5.41, 5.74) is 1.97. The highest BCUT2D eigenvalue weighted by atomic mass is 32.2. The number of carbonyl (C=O) groups excluding carboxylic acids is 1. The van der Waals surface area contributed by atoms with E-state index in [9.17, 15) is 9.90 Å². The molecule has 1 aliphatic carbocycles. The van der Waals surface area contributed by atoms with Gasteiger partial charge in [-0.15, -0.1) is 0 Å². The first-order valence-electron chi connectivity index (χ1n) is 7.63. The summed E-state index contributed by atoms with van der Waals surface area (Å²) in [7, 11) is 0. The molecule has 4 nitrogen and oxygen atoms in total. The third-order valence-electron chi connectivity index (χ3n) is 4.11. The van der Waals surface area contributed by atoms with E-state index in [1.807, 2.05) is 6.26 Å². The van der Waals surface area contributed by atoms with E-state index in [0.29, 0.717) is 12.3 Å². The molecule has 0 spiro atoms. The van der Waals surface area contributed by atoms with Crippen LogP contribution in [0.1, 0.15) is 25.0 Å². The summed E-state index contributed by atoms with van der Waals surface area (Å²) in [6.45, 7) is 4.84. The number of amides is 2. The van der Waals surface area contributed by atoms with Gasteiger partial charge in [-0.2, -0.15) is 11.8 Å². The number of urea groups is 1. The van der Waals surface area contributed by atoms with Crippen molar-refractivity contribution >= 4 is 17.8 Å². The second kappa shape index (κ2) is 6.92. The molecule has 0 radical (unpaired) electrons. The third kappa shape index (κ3) is 4.65. The van der Waals surface area contributed by atoms with Gasteiger partial charge in [0.2, 0.25) is 0 Å². The summed E-state index contributed by atoms with van der Waals surface area (Å²) >= 11 is 1.56. The van der Waals surface area contributed by atoms with Gasteiger partial charge >= 0.3 is 6.03 Å². The zero-order valence-corrected chi connectivity index (χ0v) is 14.4. The standard InChI is InChI=1S/C17H26N2O2S/c1-16(8-13-6-4-5-7-14(13)9-16)10-18-15(20)19-11-17(2,21)12-22-3/h4-7,21H,8-12H2,1-3H3,(H2,18,19,20). The van der Waals surface area contributed by atoms with Crippen molar-refractivity contribution in [2.24, 2.45) is 5.41 Å². The van der Waals surface area contributed by atoms with Crippen LogP contribution in [0, 0.1) is 5.41 Å². The average Bonchev–Trinajstić information content (AvgIpc) is 2.80. The maximum absolute atomic E-state index is 11.9. The van der Waals surface area contributed by atoms with Crippen molar-refractivity contribution in [3.63, 3.8) is 0 Å². The van der Waals surface area contributed by atoms with E-state index < -0.39 is 5.60 Å². The highest BCUT2D eigenvalue weighted by Gasteiger charge is 2.33. The number of hydrogen-bond donors (Lipinski definition) is 3. The molecule has 2 amide bonds. The Morgan fingerprint density at radius 3 is 2.45 bits per heavy atom. The number of fused-ring (bicyclic) bond motifs is 1. The van der Waals surface area contributed by atoms with Crippen molar-refractivity contribution in [2.45, 2.75) is 32.3 Å². The molecule has 0 saturated carbocycles. The number of nitrogens with one attached hydrogen (secondary N) is 2. The van der Waals surface area contributed by atoms with Gasteiger partial charge in [0.25, 0.3) is 0 Å². The van der Waals surface area contributed by atoms with Crippen LogP contribution in [0.2, 0.25) is 0 Å². The molecule has 1 aromatic carbocycles. The molecule has 0 heterocycles. The van der Waals surface area contributed by atoms with Crippen molar-refractivity contribution in [2.75, 3.05) is 25.1 Å². The molecule has 1 unspecified atom stereocenters. The molecule has 1 aromatic rings. The van der Waals surface area contributed by atoms with Crippen molar-refractivity contribution in [1.29, 1.82) is 0 Å². The van der Waals surface area contributed by atoms with Gasteiger partial charge in [-0.3, -0.25) is 0 Å². The zero-order chi connectivity index (χ0) is 16.2. The summed E-state index contributed by atoms with van der Waals surface area (Å²) in [6, 6.07) is 8.26. The highest BCUT2D eigenvalue weighted by molar-refractivity contribution is 7.98. The Balaban J connectivity index is 1.78. The average molecular weight is 322 g/mol. The molecular weight excluding hydrogens is 296 g/mol. The fourth-order valence-electron chi connectivity index (χ4n) is 3.00. The van der Waals surface area contributed by atoms with Crippen LogP contribution in [-0.4, -0.2) is 41.8 Å². The van der Waals surface area contributed by atoms with E-state index in [-0.39, 0.29) is 18.0 Å². The predicted molar refractivity (Wildman–Crippen MR) is 92.4 cm³/mol. The quantitative estimate of drug-likeness (QED) is 0.752. The summed E-state index contributed by atoms with van der Waals surface area (Å²) in [5, 5.41) is 15.8. The number of aliphatic hydroxyl groups is 1. The monoisotopic (exact) mass is 322 g/mol. The van der Waals surface area contributed by atoms with E-state index >= 15 is 0 Å². The van der Waals surface area contributed by atoms with Crippen LogP contribution in [-0.2, 0) is 12.8 Å². The molecule has 0 aliphatic heterocycles. The molecular formula is C17H26N2O2S. The van der Waals surface area contributed by atoms with Gasteiger partial charge in [-0.05, 0) is 42.6 Å². The minimum Gasteiger partial charge on any atom is -0.387 e. The van der Waals surface area contributed by atoms with Crippen LogP contribution in [0.15, 0.2) is 24.3 Å². The molecule has 2 rings (SSSR count). The second-order valence-corrected chi connectivity index (χ2v) is 7.77. The summed E-state index contributed by atoms with van der Waals surface area (Å²) in [4.78, 5) is 11.9. The van der Waals surface area contributed by atoms with Gasteiger partial charge in [0.1, 0.15) is 0 Å². The van der Waals surface area contributed by atoms with Crippen LogP contribution in [0.5, 0.6) is 0 Å². The SMILES string of the molecule is CSCC(C)(O)CNC(=O)NCC1(C)Cc2ccccc2C1. The van der Waals surface area contributed by atoms with E-state index in [2.05, 4.69) is 41.8 Å². The summed E-state index contributed by atoms with van der Waals surface area (Å²) in [6.07, 6.45) is 3.93. The summed E-state index contributed by atoms with van der Waals surface area (Å²) < 4.78 is 0. The van der Waals surface area contributed by atoms with Gasteiger partial charge in [-0.25, -0.2) is 4.79 Å². The largest absolute Gasteiger partial charge is 0.387 e. The fraction of sp³-hybridized carbons (Fsp3) is 0.588. The highest BCUT2D eigenvalue weighted by Crippen LogP contribution is 2.35. The predicted octanol–water partition coefficient (Wildman–Crippen LogP) is 2.20. The number of rotatable bonds is 6. The van der Waals surface area contributed by atoms with Gasteiger partial charge in [0.05, 0.1) is 5.60 Å².